The molecule has 160 valence electrons. The number of nitrogens with zero attached hydrogens (tertiary/aromatic N) is 4. The minimum atomic E-state index is -0.340. The molecule has 0 bridgehead atoms. The van der Waals surface area contributed by atoms with Crippen LogP contribution in [0.15, 0.2) is 79.0 Å². The molecule has 0 saturated carbocycles. The first-order valence-electron chi connectivity index (χ1n) is 10.6. The Morgan fingerprint density at radius 1 is 1.06 bits per heavy atom. The van der Waals surface area contributed by atoms with Crippen LogP contribution < -0.4 is 10.6 Å². The highest BCUT2D eigenvalue weighted by Gasteiger charge is 2.21. The van der Waals surface area contributed by atoms with Gasteiger partial charge in [-0.2, -0.15) is 4.98 Å². The van der Waals surface area contributed by atoms with Crippen molar-refractivity contribution in [1.29, 1.82) is 0 Å². The van der Waals surface area contributed by atoms with Gasteiger partial charge in [-0.25, -0.2) is 14.4 Å². The third-order valence-corrected chi connectivity index (χ3v) is 5.47. The van der Waals surface area contributed by atoms with E-state index in [0.717, 1.165) is 17.7 Å². The van der Waals surface area contributed by atoms with Crippen LogP contribution in [0, 0.1) is 11.7 Å². The summed E-state index contributed by atoms with van der Waals surface area (Å²) < 4.78 is 16.3. The van der Waals surface area contributed by atoms with E-state index in [1.54, 1.807) is 24.4 Å². The number of fused-ring (bicyclic) bond motifs is 1. The third-order valence-electron chi connectivity index (χ3n) is 5.47. The Kier molecular flexibility index (Phi) is 5.37. The molecule has 1 aliphatic carbocycles. The van der Waals surface area contributed by atoms with Gasteiger partial charge in [0.15, 0.2) is 5.65 Å². The zero-order valence-corrected chi connectivity index (χ0v) is 17.7. The fourth-order valence-corrected chi connectivity index (χ4v) is 3.78. The first-order chi connectivity index (χ1) is 15.7. The van der Waals surface area contributed by atoms with Crippen molar-refractivity contribution in [2.75, 3.05) is 10.6 Å². The van der Waals surface area contributed by atoms with E-state index in [2.05, 4.69) is 39.7 Å². The minimum absolute atomic E-state index is 0.259. The van der Waals surface area contributed by atoms with Crippen molar-refractivity contribution in [2.24, 2.45) is 5.92 Å². The summed E-state index contributed by atoms with van der Waals surface area (Å²) >= 11 is 0. The highest BCUT2D eigenvalue weighted by Crippen LogP contribution is 2.32. The van der Waals surface area contributed by atoms with E-state index >= 15 is 0 Å². The molecule has 32 heavy (non-hydrogen) atoms. The van der Waals surface area contributed by atoms with Gasteiger partial charge >= 0.3 is 0 Å². The summed E-state index contributed by atoms with van der Waals surface area (Å²) in [7, 11) is 0. The second-order valence-corrected chi connectivity index (χ2v) is 7.77. The number of para-hydroxylation sites is 1. The molecule has 0 radical (unpaired) electrons. The Hall–Kier alpha value is -4.00. The Bertz CT molecular complexity index is 1310. The molecule has 7 heteroatoms. The zero-order chi connectivity index (χ0) is 21.9. The summed E-state index contributed by atoms with van der Waals surface area (Å²) in [4.78, 5) is 13.9. The first kappa shape index (κ1) is 19.9. The standard InChI is InChI=1S/C25H23FN6/c1-17-9-5-8-14-22(17)32-23-21(30-25(32)29-20-13-7-6-12-19(20)26)16-28-24(31-23)27-15-18-10-3-2-4-11-18/h2-8,10-14,16-17H,9,15H2,1H3,(H,29,30)(H,27,28,31). The van der Waals surface area contributed by atoms with Crippen molar-refractivity contribution in [3.05, 3.63) is 90.4 Å². The van der Waals surface area contributed by atoms with Gasteiger partial charge in [-0.05, 0) is 30.2 Å². The van der Waals surface area contributed by atoms with E-state index in [4.69, 9.17) is 4.98 Å². The van der Waals surface area contributed by atoms with Crippen LogP contribution in [0.1, 0.15) is 18.9 Å². The summed E-state index contributed by atoms with van der Waals surface area (Å²) in [6.45, 7) is 2.77. The number of aromatic nitrogens is 4. The summed E-state index contributed by atoms with van der Waals surface area (Å²) in [6, 6.07) is 16.7. The Morgan fingerprint density at radius 2 is 1.88 bits per heavy atom. The lowest BCUT2D eigenvalue weighted by Crippen LogP contribution is -2.12. The number of hydrogen-bond acceptors (Lipinski definition) is 5. The second-order valence-electron chi connectivity index (χ2n) is 7.77. The van der Waals surface area contributed by atoms with Crippen molar-refractivity contribution < 1.29 is 4.39 Å². The molecule has 2 aromatic heterocycles. The first-order valence-corrected chi connectivity index (χ1v) is 10.6. The molecule has 1 atom stereocenters. The van der Waals surface area contributed by atoms with Gasteiger partial charge in [-0.3, -0.25) is 4.57 Å². The van der Waals surface area contributed by atoms with Crippen molar-refractivity contribution >= 4 is 34.4 Å². The molecule has 2 aromatic carbocycles. The van der Waals surface area contributed by atoms with Gasteiger partial charge in [0.25, 0.3) is 0 Å². The highest BCUT2D eigenvalue weighted by atomic mass is 19.1. The van der Waals surface area contributed by atoms with Crippen LogP contribution in [0.5, 0.6) is 0 Å². The molecule has 5 rings (SSSR count). The molecule has 1 unspecified atom stereocenters. The molecule has 0 fully saturated rings. The largest absolute Gasteiger partial charge is 0.350 e. The van der Waals surface area contributed by atoms with Crippen molar-refractivity contribution in [2.45, 2.75) is 19.9 Å². The van der Waals surface area contributed by atoms with Gasteiger partial charge in [-0.15, -0.1) is 0 Å². The summed E-state index contributed by atoms with van der Waals surface area (Å²) in [6.07, 6.45) is 8.83. The summed E-state index contributed by atoms with van der Waals surface area (Å²) in [5.74, 6) is 0.940. The van der Waals surface area contributed by atoms with Gasteiger partial charge in [-0.1, -0.05) is 61.5 Å². The molecule has 2 N–H and O–H groups in total. The van der Waals surface area contributed by atoms with E-state index < -0.39 is 0 Å². The predicted molar refractivity (Wildman–Crippen MR) is 126 cm³/mol. The number of halogens is 1. The van der Waals surface area contributed by atoms with Crippen LogP contribution in [-0.2, 0) is 6.54 Å². The van der Waals surface area contributed by atoms with E-state index in [0.29, 0.717) is 35.3 Å². The minimum Gasteiger partial charge on any atom is -0.350 e. The highest BCUT2D eigenvalue weighted by molar-refractivity contribution is 5.82. The van der Waals surface area contributed by atoms with Gasteiger partial charge in [0.2, 0.25) is 11.9 Å². The van der Waals surface area contributed by atoms with Crippen molar-refractivity contribution in [3.63, 3.8) is 0 Å². The number of nitrogens with one attached hydrogen (secondary N) is 2. The third kappa shape index (κ3) is 3.97. The zero-order valence-electron chi connectivity index (χ0n) is 17.7. The molecule has 0 aliphatic heterocycles. The number of imidazole rings is 1. The van der Waals surface area contributed by atoms with E-state index in [1.165, 1.54) is 6.07 Å². The Labute approximate surface area is 185 Å². The van der Waals surface area contributed by atoms with Crippen LogP contribution in [-0.4, -0.2) is 19.5 Å². The quantitative estimate of drug-likeness (QED) is 0.410. The number of allylic oxidation sites excluding steroid dienone is 4. The number of anilines is 3. The van der Waals surface area contributed by atoms with Crippen molar-refractivity contribution in [3.8, 4) is 0 Å². The number of rotatable bonds is 6. The Balaban J connectivity index is 1.56. The molecule has 1 aliphatic rings. The molecule has 0 saturated heterocycles. The molecule has 0 spiro atoms. The van der Waals surface area contributed by atoms with Crippen LogP contribution in [0.2, 0.25) is 0 Å². The molecule has 2 heterocycles. The fourth-order valence-electron chi connectivity index (χ4n) is 3.78. The molecule has 4 aromatic rings. The van der Waals surface area contributed by atoms with Gasteiger partial charge in [0.1, 0.15) is 11.3 Å². The van der Waals surface area contributed by atoms with E-state index in [1.807, 2.05) is 41.0 Å². The predicted octanol–water partition coefficient (Wildman–Crippen LogP) is 5.76. The average Bonchev–Trinajstić information content (AvgIpc) is 3.17. The fraction of sp³-hybridized carbons (Fsp3) is 0.160. The SMILES string of the molecule is CC1CC=CC=C1n1c(Nc2ccccc2F)nc2cnc(NCc3ccccc3)nc21. The monoisotopic (exact) mass is 426 g/mol. The number of hydrogen-bond donors (Lipinski definition) is 2. The van der Waals surface area contributed by atoms with Crippen molar-refractivity contribution in [1.82, 2.24) is 19.5 Å². The summed E-state index contributed by atoms with van der Waals surface area (Å²) in [5, 5.41) is 6.43. The normalized spacial score (nSPS) is 15.6. The van der Waals surface area contributed by atoms with Crippen LogP contribution in [0.25, 0.3) is 16.9 Å². The van der Waals surface area contributed by atoms with Gasteiger partial charge < -0.3 is 10.6 Å². The maximum Gasteiger partial charge on any atom is 0.225 e. The lowest BCUT2D eigenvalue weighted by molar-refractivity contribution is 0.631. The molecule has 0 amide bonds. The van der Waals surface area contributed by atoms with Gasteiger partial charge in [0.05, 0.1) is 11.9 Å². The lowest BCUT2D eigenvalue weighted by Gasteiger charge is -2.21. The number of benzene rings is 2. The average molecular weight is 426 g/mol. The molecular formula is C25H23FN6. The Morgan fingerprint density at radius 3 is 2.69 bits per heavy atom. The maximum absolute atomic E-state index is 14.3. The van der Waals surface area contributed by atoms with E-state index in [-0.39, 0.29) is 11.7 Å². The summed E-state index contributed by atoms with van der Waals surface area (Å²) in [5.41, 5.74) is 3.85. The molecular weight excluding hydrogens is 403 g/mol. The van der Waals surface area contributed by atoms with Crippen LogP contribution in [0.4, 0.5) is 22.0 Å². The maximum atomic E-state index is 14.3. The van der Waals surface area contributed by atoms with Gasteiger partial charge in [0, 0.05) is 18.2 Å². The smallest absolute Gasteiger partial charge is 0.225 e. The topological polar surface area (TPSA) is 67.7 Å². The molecule has 6 nitrogen and oxygen atoms in total. The van der Waals surface area contributed by atoms with E-state index in [9.17, 15) is 4.39 Å². The van der Waals surface area contributed by atoms with Crippen LogP contribution in [0.3, 0.4) is 0 Å². The second kappa shape index (κ2) is 8.63. The lowest BCUT2D eigenvalue weighted by atomic mass is 9.99. The van der Waals surface area contributed by atoms with Crippen LogP contribution >= 0.6 is 0 Å².